The number of allylic oxidation sites excluding steroid dienone is 1. The molecule has 10 heteroatoms. The van der Waals surface area contributed by atoms with Gasteiger partial charge in [-0.1, -0.05) is 35.9 Å². The summed E-state index contributed by atoms with van der Waals surface area (Å²) >= 11 is 5.78. The summed E-state index contributed by atoms with van der Waals surface area (Å²) in [6.45, 7) is -0.340. The largest absolute Gasteiger partial charge is 0.454 e. The Labute approximate surface area is 174 Å². The molecule has 2 aromatic carbocycles. The number of rotatable bonds is 8. The van der Waals surface area contributed by atoms with Crippen LogP contribution in [0.5, 0.6) is 0 Å². The fraction of sp³-hybridized carbons (Fsp3) is 0.150. The molecule has 0 aliphatic rings. The first-order valence-electron chi connectivity index (χ1n) is 8.48. The first-order chi connectivity index (χ1) is 14.2. The molecule has 0 heterocycles. The number of hydrogen-bond acceptors (Lipinski definition) is 5. The van der Waals surface area contributed by atoms with Gasteiger partial charge in [0.15, 0.2) is 6.61 Å². The number of halogens is 4. The van der Waals surface area contributed by atoms with Crippen LogP contribution in [0.4, 0.5) is 18.9 Å². The second-order valence-electron chi connectivity index (χ2n) is 5.86. The van der Waals surface area contributed by atoms with Crippen LogP contribution in [-0.2, 0) is 20.9 Å². The molecule has 0 radical (unpaired) electrons. The van der Waals surface area contributed by atoms with Gasteiger partial charge in [0.05, 0.1) is 11.3 Å². The Bertz CT molecular complexity index is 944. The number of alkyl halides is 3. The summed E-state index contributed by atoms with van der Waals surface area (Å²) in [6.07, 6.45) is -3.93. The summed E-state index contributed by atoms with van der Waals surface area (Å²) in [7, 11) is 0. The number of carbonyl (C=O) groups is 3. The molecular weight excluding hydrogens is 425 g/mol. The van der Waals surface area contributed by atoms with Crippen molar-refractivity contribution in [3.05, 3.63) is 77.0 Å². The van der Waals surface area contributed by atoms with E-state index in [4.69, 9.17) is 16.3 Å². The van der Waals surface area contributed by atoms with Crippen LogP contribution < -0.4 is 10.6 Å². The van der Waals surface area contributed by atoms with Gasteiger partial charge in [-0.25, -0.2) is 4.79 Å². The molecule has 0 aromatic heterocycles. The van der Waals surface area contributed by atoms with Crippen LogP contribution in [0.3, 0.4) is 0 Å². The van der Waals surface area contributed by atoms with E-state index in [1.54, 1.807) is 24.3 Å². The Kier molecular flexibility index (Phi) is 7.99. The minimum absolute atomic E-state index is 0.0212. The normalized spacial score (nSPS) is 11.2. The standard InChI is InChI=1S/C20H16ClF3N2O4/c21-14-7-5-13(6-8-14)11-26-18(28)12-30-19(29)15-3-1-2-4-16(15)25-10-9-17(27)20(22,23)24/h1-10,25H,11-12H2,(H,26,28)/b10-9+. The molecule has 0 fully saturated rings. The van der Waals surface area contributed by atoms with Gasteiger partial charge in [0, 0.05) is 23.8 Å². The Balaban J connectivity index is 1.89. The predicted molar refractivity (Wildman–Crippen MR) is 104 cm³/mol. The molecule has 0 bridgehead atoms. The van der Waals surface area contributed by atoms with Crippen molar-refractivity contribution in [1.29, 1.82) is 0 Å². The Hall–Kier alpha value is -3.33. The number of ketones is 1. The van der Waals surface area contributed by atoms with Crippen molar-refractivity contribution >= 4 is 34.9 Å². The number of carbonyl (C=O) groups excluding carboxylic acids is 3. The molecule has 0 spiro atoms. The van der Waals surface area contributed by atoms with Gasteiger partial charge in [0.2, 0.25) is 0 Å². The van der Waals surface area contributed by atoms with Gasteiger partial charge in [-0.2, -0.15) is 13.2 Å². The van der Waals surface area contributed by atoms with E-state index in [0.717, 1.165) is 11.8 Å². The van der Waals surface area contributed by atoms with E-state index in [-0.39, 0.29) is 17.8 Å². The average Bonchev–Trinajstić information content (AvgIpc) is 2.71. The summed E-state index contributed by atoms with van der Waals surface area (Å²) in [5, 5.41) is 5.55. The van der Waals surface area contributed by atoms with Gasteiger partial charge < -0.3 is 15.4 Å². The maximum Gasteiger partial charge on any atom is 0.454 e. The molecule has 2 aromatic rings. The highest BCUT2D eigenvalue weighted by Gasteiger charge is 2.36. The number of nitrogens with one attached hydrogen (secondary N) is 2. The van der Waals surface area contributed by atoms with Gasteiger partial charge in [0.1, 0.15) is 0 Å². The van der Waals surface area contributed by atoms with E-state index in [9.17, 15) is 27.6 Å². The van der Waals surface area contributed by atoms with Crippen LogP contribution >= 0.6 is 11.6 Å². The van der Waals surface area contributed by atoms with Gasteiger partial charge in [-0.15, -0.1) is 0 Å². The van der Waals surface area contributed by atoms with Crippen LogP contribution in [0.15, 0.2) is 60.8 Å². The Morgan fingerprint density at radius 2 is 1.70 bits per heavy atom. The highest BCUT2D eigenvalue weighted by molar-refractivity contribution is 6.30. The third kappa shape index (κ3) is 7.25. The number of ether oxygens (including phenoxy) is 1. The zero-order valence-electron chi connectivity index (χ0n) is 15.3. The molecule has 2 rings (SSSR count). The smallest absolute Gasteiger partial charge is 0.452 e. The topological polar surface area (TPSA) is 84.5 Å². The second kappa shape index (κ2) is 10.4. The quantitative estimate of drug-likeness (QED) is 0.481. The minimum Gasteiger partial charge on any atom is -0.452 e. The highest BCUT2D eigenvalue weighted by atomic mass is 35.5. The van der Waals surface area contributed by atoms with Gasteiger partial charge >= 0.3 is 12.1 Å². The van der Waals surface area contributed by atoms with E-state index in [1.165, 1.54) is 24.3 Å². The fourth-order valence-corrected chi connectivity index (χ4v) is 2.28. The summed E-state index contributed by atoms with van der Waals surface area (Å²) in [5.74, 6) is -3.46. The van der Waals surface area contributed by atoms with E-state index in [0.29, 0.717) is 11.1 Å². The molecule has 2 N–H and O–H groups in total. The Morgan fingerprint density at radius 3 is 2.37 bits per heavy atom. The van der Waals surface area contributed by atoms with Crippen LogP contribution in [-0.4, -0.2) is 30.4 Å². The highest BCUT2D eigenvalue weighted by Crippen LogP contribution is 2.18. The van der Waals surface area contributed by atoms with Crippen molar-refractivity contribution in [2.45, 2.75) is 12.7 Å². The van der Waals surface area contributed by atoms with E-state index < -0.39 is 30.4 Å². The van der Waals surface area contributed by atoms with E-state index >= 15 is 0 Å². The Morgan fingerprint density at radius 1 is 1.03 bits per heavy atom. The van der Waals surface area contributed by atoms with Crippen LogP contribution in [0.2, 0.25) is 5.02 Å². The molecule has 0 aliphatic carbocycles. The number of anilines is 1. The van der Waals surface area contributed by atoms with Crippen molar-refractivity contribution in [2.75, 3.05) is 11.9 Å². The monoisotopic (exact) mass is 440 g/mol. The van der Waals surface area contributed by atoms with Crippen molar-refractivity contribution in [2.24, 2.45) is 0 Å². The number of amides is 1. The molecule has 0 aliphatic heterocycles. The van der Waals surface area contributed by atoms with E-state index in [2.05, 4.69) is 10.6 Å². The number of benzene rings is 2. The summed E-state index contributed by atoms with van der Waals surface area (Å²) < 4.78 is 41.5. The van der Waals surface area contributed by atoms with E-state index in [1.807, 2.05) is 0 Å². The second-order valence-corrected chi connectivity index (χ2v) is 6.30. The van der Waals surface area contributed by atoms with Gasteiger partial charge in [0.25, 0.3) is 11.7 Å². The van der Waals surface area contributed by atoms with Crippen molar-refractivity contribution in [3.8, 4) is 0 Å². The van der Waals surface area contributed by atoms with Crippen molar-refractivity contribution < 1.29 is 32.3 Å². The summed E-state index contributed by atoms with van der Waals surface area (Å²) in [5.41, 5.74) is 0.885. The minimum atomic E-state index is -4.99. The van der Waals surface area contributed by atoms with Crippen LogP contribution in [0, 0.1) is 0 Å². The van der Waals surface area contributed by atoms with Crippen LogP contribution in [0.1, 0.15) is 15.9 Å². The summed E-state index contributed by atoms with van der Waals surface area (Å²) in [6, 6.07) is 12.6. The summed E-state index contributed by atoms with van der Waals surface area (Å²) in [4.78, 5) is 34.9. The maximum atomic E-state index is 12.2. The zero-order chi connectivity index (χ0) is 22.1. The number of hydrogen-bond donors (Lipinski definition) is 2. The molecule has 0 saturated carbocycles. The molecule has 0 atom stereocenters. The van der Waals surface area contributed by atoms with Gasteiger partial charge in [-0.3, -0.25) is 9.59 Å². The third-order valence-corrected chi connectivity index (χ3v) is 3.89. The van der Waals surface area contributed by atoms with Crippen LogP contribution in [0.25, 0.3) is 0 Å². The SMILES string of the molecule is O=C(COC(=O)c1ccccc1N/C=C/C(=O)C(F)(F)F)NCc1ccc(Cl)cc1. The molecule has 1 amide bonds. The first kappa shape index (κ1) is 23.0. The lowest BCUT2D eigenvalue weighted by Gasteiger charge is -2.10. The molecule has 0 unspecified atom stereocenters. The molecular formula is C20H16ClF3N2O4. The third-order valence-electron chi connectivity index (χ3n) is 3.64. The van der Waals surface area contributed by atoms with Crippen molar-refractivity contribution in [1.82, 2.24) is 5.32 Å². The molecule has 158 valence electrons. The molecule has 6 nitrogen and oxygen atoms in total. The average molecular weight is 441 g/mol. The zero-order valence-corrected chi connectivity index (χ0v) is 16.1. The maximum absolute atomic E-state index is 12.2. The number of esters is 1. The lowest BCUT2D eigenvalue weighted by molar-refractivity contribution is -0.165. The predicted octanol–water partition coefficient (Wildman–Crippen LogP) is 3.87. The molecule has 0 saturated heterocycles. The van der Waals surface area contributed by atoms with Crippen molar-refractivity contribution in [3.63, 3.8) is 0 Å². The first-order valence-corrected chi connectivity index (χ1v) is 8.86. The lowest BCUT2D eigenvalue weighted by Crippen LogP contribution is -2.28. The van der Waals surface area contributed by atoms with Gasteiger partial charge in [-0.05, 0) is 29.8 Å². The number of para-hydroxylation sites is 1. The fourth-order valence-electron chi connectivity index (χ4n) is 2.15. The lowest BCUT2D eigenvalue weighted by atomic mass is 10.2. The molecule has 30 heavy (non-hydrogen) atoms.